The fourth-order valence-corrected chi connectivity index (χ4v) is 2.25. The van der Waals surface area contributed by atoms with Gasteiger partial charge in [0.05, 0.1) is 0 Å². The molecule has 1 atom stereocenters. The Hall–Kier alpha value is -1.22. The Balaban J connectivity index is 2.16. The molecule has 0 aromatic carbocycles. The lowest BCUT2D eigenvalue weighted by Crippen LogP contribution is -2.26. The summed E-state index contributed by atoms with van der Waals surface area (Å²) in [5, 5.41) is 3.55. The smallest absolute Gasteiger partial charge is 0.222 e. The van der Waals surface area contributed by atoms with E-state index in [9.17, 15) is 4.79 Å². The highest BCUT2D eigenvalue weighted by Crippen LogP contribution is 2.19. The maximum atomic E-state index is 11.7. The Labute approximate surface area is 103 Å². The number of likely N-dealkylation sites (tertiary alicyclic amines) is 1. The quantitative estimate of drug-likeness (QED) is 0.277. The van der Waals surface area contributed by atoms with E-state index in [1.807, 2.05) is 4.90 Å². The second-order valence-electron chi connectivity index (χ2n) is 4.74. The lowest BCUT2D eigenvalue weighted by molar-refractivity contribution is -0.127. The first-order chi connectivity index (χ1) is 8.27. The van der Waals surface area contributed by atoms with E-state index in [1.54, 1.807) is 0 Å². The normalized spacial score (nSPS) is 19.5. The molecule has 0 N–H and O–H groups in total. The Morgan fingerprint density at radius 1 is 1.41 bits per heavy atom. The van der Waals surface area contributed by atoms with E-state index in [1.165, 1.54) is 25.7 Å². The molecule has 0 bridgehead atoms. The largest absolute Gasteiger partial charge is 0.342 e. The molecular weight excluding hydrogens is 216 g/mol. The molecule has 1 aliphatic rings. The third kappa shape index (κ3) is 5.09. The van der Waals surface area contributed by atoms with E-state index < -0.39 is 0 Å². The molecule has 1 saturated heterocycles. The molecule has 1 heterocycles. The van der Waals surface area contributed by atoms with E-state index >= 15 is 0 Å². The van der Waals surface area contributed by atoms with Crippen molar-refractivity contribution in [2.24, 2.45) is 11.0 Å². The number of hydrogen-bond donors (Lipinski definition) is 0. The van der Waals surface area contributed by atoms with Gasteiger partial charge in [0, 0.05) is 31.0 Å². The highest BCUT2D eigenvalue weighted by Gasteiger charge is 2.28. The van der Waals surface area contributed by atoms with E-state index in [4.69, 9.17) is 5.53 Å². The molecular formula is C12H22N4O. The standard InChI is InChI=1S/C12H22N4O/c1-2-3-4-5-6-7-16-10-11(8-12(16)17)9-14-15-13/h11H,2-10H2,1H3. The minimum Gasteiger partial charge on any atom is -0.342 e. The van der Waals surface area contributed by atoms with Crippen LogP contribution in [0.5, 0.6) is 0 Å². The molecule has 96 valence electrons. The minimum atomic E-state index is 0.221. The van der Waals surface area contributed by atoms with Gasteiger partial charge < -0.3 is 4.90 Å². The molecule has 5 heteroatoms. The highest BCUT2D eigenvalue weighted by molar-refractivity contribution is 5.78. The number of amides is 1. The SMILES string of the molecule is CCCCCCCN1CC(CN=[N+]=[N-])CC1=O. The second kappa shape index (κ2) is 7.96. The summed E-state index contributed by atoms with van der Waals surface area (Å²) in [5.74, 6) is 0.452. The van der Waals surface area contributed by atoms with Gasteiger partial charge in [0.1, 0.15) is 0 Å². The van der Waals surface area contributed by atoms with Crippen LogP contribution in [0, 0.1) is 5.92 Å². The van der Waals surface area contributed by atoms with Crippen molar-refractivity contribution < 1.29 is 4.79 Å². The van der Waals surface area contributed by atoms with Crippen LogP contribution >= 0.6 is 0 Å². The van der Waals surface area contributed by atoms with Gasteiger partial charge in [-0.3, -0.25) is 4.79 Å². The molecule has 0 radical (unpaired) electrons. The summed E-state index contributed by atoms with van der Waals surface area (Å²) in [6.45, 7) is 4.29. The zero-order valence-corrected chi connectivity index (χ0v) is 10.6. The van der Waals surface area contributed by atoms with Gasteiger partial charge in [0.15, 0.2) is 0 Å². The number of nitrogens with zero attached hydrogens (tertiary/aromatic N) is 4. The second-order valence-corrected chi connectivity index (χ2v) is 4.74. The van der Waals surface area contributed by atoms with E-state index in [2.05, 4.69) is 16.9 Å². The van der Waals surface area contributed by atoms with E-state index in [0.717, 1.165) is 19.5 Å². The molecule has 1 fully saturated rings. The fraction of sp³-hybridized carbons (Fsp3) is 0.917. The average molecular weight is 238 g/mol. The van der Waals surface area contributed by atoms with Crippen LogP contribution in [-0.2, 0) is 4.79 Å². The summed E-state index contributed by atoms with van der Waals surface area (Å²) < 4.78 is 0. The van der Waals surface area contributed by atoms with Gasteiger partial charge in [-0.2, -0.15) is 0 Å². The minimum absolute atomic E-state index is 0.221. The van der Waals surface area contributed by atoms with Crippen LogP contribution in [0.25, 0.3) is 10.4 Å². The highest BCUT2D eigenvalue weighted by atomic mass is 16.2. The van der Waals surface area contributed by atoms with Crippen LogP contribution in [0.2, 0.25) is 0 Å². The van der Waals surface area contributed by atoms with Gasteiger partial charge in [-0.15, -0.1) is 0 Å². The zero-order valence-electron chi connectivity index (χ0n) is 10.6. The molecule has 1 amide bonds. The molecule has 0 aliphatic carbocycles. The Morgan fingerprint density at radius 2 is 2.18 bits per heavy atom. The molecule has 17 heavy (non-hydrogen) atoms. The van der Waals surface area contributed by atoms with Gasteiger partial charge in [0.25, 0.3) is 0 Å². The van der Waals surface area contributed by atoms with Crippen LogP contribution < -0.4 is 0 Å². The predicted octanol–water partition coefficient (Wildman–Crippen LogP) is 3.12. The summed E-state index contributed by atoms with van der Waals surface area (Å²) in [6, 6.07) is 0. The van der Waals surface area contributed by atoms with Crippen molar-refractivity contribution in [1.82, 2.24) is 4.90 Å². The molecule has 1 rings (SSSR count). The van der Waals surface area contributed by atoms with Crippen LogP contribution in [-0.4, -0.2) is 30.4 Å². The summed E-state index contributed by atoms with van der Waals surface area (Å²) in [7, 11) is 0. The topological polar surface area (TPSA) is 69.1 Å². The zero-order chi connectivity index (χ0) is 12.5. The van der Waals surface area contributed by atoms with Crippen molar-refractivity contribution >= 4 is 5.91 Å². The maximum Gasteiger partial charge on any atom is 0.222 e. The maximum absolute atomic E-state index is 11.7. The fourth-order valence-electron chi connectivity index (χ4n) is 2.25. The summed E-state index contributed by atoms with van der Waals surface area (Å²) in [6.07, 6.45) is 6.65. The van der Waals surface area contributed by atoms with Gasteiger partial charge in [-0.1, -0.05) is 37.7 Å². The average Bonchev–Trinajstić information content (AvgIpc) is 2.67. The van der Waals surface area contributed by atoms with E-state index in [-0.39, 0.29) is 11.8 Å². The third-order valence-electron chi connectivity index (χ3n) is 3.23. The first kappa shape index (κ1) is 13.8. The van der Waals surface area contributed by atoms with Crippen molar-refractivity contribution in [2.45, 2.75) is 45.4 Å². The van der Waals surface area contributed by atoms with Crippen LogP contribution in [0.1, 0.15) is 45.4 Å². The molecule has 0 spiro atoms. The number of carbonyl (C=O) groups excluding carboxylic acids is 1. The summed E-state index contributed by atoms with van der Waals surface area (Å²) >= 11 is 0. The first-order valence-electron chi connectivity index (χ1n) is 6.56. The van der Waals surface area contributed by atoms with Crippen LogP contribution in [0.3, 0.4) is 0 Å². The van der Waals surface area contributed by atoms with Crippen molar-refractivity contribution in [1.29, 1.82) is 0 Å². The Kier molecular flexibility index (Phi) is 6.48. The first-order valence-corrected chi connectivity index (χ1v) is 6.56. The Morgan fingerprint density at radius 3 is 2.88 bits per heavy atom. The number of hydrogen-bond acceptors (Lipinski definition) is 2. The molecule has 0 saturated carbocycles. The van der Waals surface area contributed by atoms with Gasteiger partial charge >= 0.3 is 0 Å². The van der Waals surface area contributed by atoms with Gasteiger partial charge in [-0.05, 0) is 17.9 Å². The molecule has 0 aromatic rings. The lowest BCUT2D eigenvalue weighted by atomic mass is 10.1. The van der Waals surface area contributed by atoms with Crippen molar-refractivity contribution in [3.05, 3.63) is 10.4 Å². The van der Waals surface area contributed by atoms with Gasteiger partial charge in [-0.25, -0.2) is 0 Å². The number of carbonyl (C=O) groups is 1. The van der Waals surface area contributed by atoms with Gasteiger partial charge in [0.2, 0.25) is 5.91 Å². The predicted molar refractivity (Wildman–Crippen MR) is 67.5 cm³/mol. The summed E-state index contributed by atoms with van der Waals surface area (Å²) in [4.78, 5) is 16.3. The number of unbranched alkanes of at least 4 members (excludes halogenated alkanes) is 4. The number of azide groups is 1. The van der Waals surface area contributed by atoms with E-state index in [0.29, 0.717) is 13.0 Å². The molecule has 1 unspecified atom stereocenters. The van der Waals surface area contributed by atoms with Crippen molar-refractivity contribution in [3.8, 4) is 0 Å². The van der Waals surface area contributed by atoms with Crippen LogP contribution in [0.4, 0.5) is 0 Å². The lowest BCUT2D eigenvalue weighted by Gasteiger charge is -2.15. The molecule has 1 aliphatic heterocycles. The summed E-state index contributed by atoms with van der Waals surface area (Å²) in [5.41, 5.74) is 8.24. The van der Waals surface area contributed by atoms with Crippen molar-refractivity contribution in [2.75, 3.05) is 19.6 Å². The van der Waals surface area contributed by atoms with Crippen LogP contribution in [0.15, 0.2) is 5.11 Å². The molecule has 0 aromatic heterocycles. The third-order valence-corrected chi connectivity index (χ3v) is 3.23. The molecule has 5 nitrogen and oxygen atoms in total. The number of rotatable bonds is 8. The van der Waals surface area contributed by atoms with Crippen molar-refractivity contribution in [3.63, 3.8) is 0 Å². The Bertz CT molecular complexity index is 286. The monoisotopic (exact) mass is 238 g/mol.